The summed E-state index contributed by atoms with van der Waals surface area (Å²) in [7, 11) is 3.29. The summed E-state index contributed by atoms with van der Waals surface area (Å²) in [6, 6.07) is 15.4. The normalized spacial score (nSPS) is 10.7. The number of hydrogen-bond donors (Lipinski definition) is 0. The number of ether oxygens (including phenoxy) is 2. The van der Waals surface area contributed by atoms with Crippen molar-refractivity contribution in [1.82, 2.24) is 15.1 Å². The van der Waals surface area contributed by atoms with Gasteiger partial charge in [0.15, 0.2) is 0 Å². The monoisotopic (exact) mass is 379 g/mol. The molecule has 0 aliphatic carbocycles. The lowest BCUT2D eigenvalue weighted by atomic mass is 10.2. The van der Waals surface area contributed by atoms with Gasteiger partial charge in [-0.05, 0) is 36.4 Å². The lowest BCUT2D eigenvalue weighted by Crippen LogP contribution is -1.89. The van der Waals surface area contributed by atoms with Gasteiger partial charge in [0.1, 0.15) is 16.5 Å². The molecular formula is C20H17N3O3S. The van der Waals surface area contributed by atoms with E-state index < -0.39 is 0 Å². The van der Waals surface area contributed by atoms with Crippen LogP contribution < -0.4 is 9.47 Å². The molecule has 27 heavy (non-hydrogen) atoms. The Balaban J connectivity index is 1.50. The molecule has 2 aromatic heterocycles. The van der Waals surface area contributed by atoms with Crippen molar-refractivity contribution in [2.24, 2.45) is 0 Å². The first-order chi connectivity index (χ1) is 13.2. The Morgan fingerprint density at radius 1 is 0.926 bits per heavy atom. The van der Waals surface area contributed by atoms with E-state index in [0.717, 1.165) is 33.3 Å². The molecule has 0 atom stereocenters. The van der Waals surface area contributed by atoms with Crippen LogP contribution in [0.4, 0.5) is 0 Å². The zero-order valence-corrected chi connectivity index (χ0v) is 15.7. The van der Waals surface area contributed by atoms with E-state index in [4.69, 9.17) is 14.0 Å². The summed E-state index contributed by atoms with van der Waals surface area (Å²) in [5, 5.41) is 6.99. The van der Waals surface area contributed by atoms with Gasteiger partial charge in [-0.3, -0.25) is 0 Å². The van der Waals surface area contributed by atoms with E-state index in [0.29, 0.717) is 18.1 Å². The Labute approximate surface area is 160 Å². The third kappa shape index (κ3) is 3.83. The summed E-state index contributed by atoms with van der Waals surface area (Å²) in [5.41, 5.74) is 2.80. The van der Waals surface area contributed by atoms with Gasteiger partial charge in [0.05, 0.1) is 26.3 Å². The Hall–Kier alpha value is -3.19. The maximum atomic E-state index is 5.39. The molecule has 6 nitrogen and oxygen atoms in total. The molecule has 2 aromatic carbocycles. The van der Waals surface area contributed by atoms with Crippen molar-refractivity contribution in [1.29, 1.82) is 0 Å². The predicted octanol–water partition coefficient (Wildman–Crippen LogP) is 4.47. The summed E-state index contributed by atoms with van der Waals surface area (Å²) >= 11 is 1.57. The van der Waals surface area contributed by atoms with Gasteiger partial charge in [0.2, 0.25) is 11.7 Å². The fourth-order valence-corrected chi connectivity index (χ4v) is 3.41. The Bertz CT molecular complexity index is 1040. The van der Waals surface area contributed by atoms with Crippen LogP contribution in [0.25, 0.3) is 22.6 Å². The van der Waals surface area contributed by atoms with Crippen LogP contribution in [-0.4, -0.2) is 29.3 Å². The molecule has 0 aliphatic rings. The standard InChI is InChI=1S/C20H17N3O3S/c1-24-15-8-6-13(7-9-15)20-22-18(26-23-20)11-19-21-17(12-27-19)14-4-3-5-16(10-14)25-2/h3-10,12H,11H2,1-2H3. The van der Waals surface area contributed by atoms with Gasteiger partial charge in [-0.25, -0.2) is 4.98 Å². The molecule has 0 saturated heterocycles. The van der Waals surface area contributed by atoms with Gasteiger partial charge in [0, 0.05) is 16.5 Å². The molecule has 0 spiro atoms. The van der Waals surface area contributed by atoms with E-state index in [1.807, 2.05) is 53.9 Å². The Morgan fingerprint density at radius 3 is 2.52 bits per heavy atom. The molecule has 0 N–H and O–H groups in total. The van der Waals surface area contributed by atoms with Crippen molar-refractivity contribution >= 4 is 11.3 Å². The second-order valence-electron chi connectivity index (χ2n) is 5.78. The minimum absolute atomic E-state index is 0.498. The maximum absolute atomic E-state index is 5.39. The number of nitrogens with zero attached hydrogens (tertiary/aromatic N) is 3. The van der Waals surface area contributed by atoms with Gasteiger partial charge >= 0.3 is 0 Å². The summed E-state index contributed by atoms with van der Waals surface area (Å²) in [5.74, 6) is 2.68. The van der Waals surface area contributed by atoms with Crippen LogP contribution in [0.3, 0.4) is 0 Å². The zero-order valence-electron chi connectivity index (χ0n) is 14.9. The molecule has 7 heteroatoms. The summed E-state index contributed by atoms with van der Waals surface area (Å²) in [6.07, 6.45) is 0.498. The van der Waals surface area contributed by atoms with Crippen molar-refractivity contribution in [2.75, 3.05) is 14.2 Å². The fourth-order valence-electron chi connectivity index (χ4n) is 2.62. The highest BCUT2D eigenvalue weighted by Crippen LogP contribution is 2.27. The van der Waals surface area contributed by atoms with E-state index in [1.54, 1.807) is 25.6 Å². The number of methoxy groups -OCH3 is 2. The highest BCUT2D eigenvalue weighted by Gasteiger charge is 2.12. The second-order valence-corrected chi connectivity index (χ2v) is 6.72. The van der Waals surface area contributed by atoms with E-state index >= 15 is 0 Å². The van der Waals surface area contributed by atoms with E-state index in [1.165, 1.54) is 0 Å². The molecule has 4 rings (SSSR count). The van der Waals surface area contributed by atoms with E-state index in [2.05, 4.69) is 15.1 Å². The maximum Gasteiger partial charge on any atom is 0.233 e. The van der Waals surface area contributed by atoms with Gasteiger partial charge < -0.3 is 14.0 Å². The largest absolute Gasteiger partial charge is 0.497 e. The summed E-state index contributed by atoms with van der Waals surface area (Å²) < 4.78 is 15.8. The average Bonchev–Trinajstić information content (AvgIpc) is 3.38. The van der Waals surface area contributed by atoms with Crippen LogP contribution in [0.5, 0.6) is 11.5 Å². The molecular weight excluding hydrogens is 362 g/mol. The van der Waals surface area contributed by atoms with Gasteiger partial charge in [-0.1, -0.05) is 17.3 Å². The highest BCUT2D eigenvalue weighted by molar-refractivity contribution is 7.10. The molecule has 0 aliphatic heterocycles. The zero-order chi connectivity index (χ0) is 18.6. The van der Waals surface area contributed by atoms with Crippen molar-refractivity contribution < 1.29 is 14.0 Å². The first-order valence-electron chi connectivity index (χ1n) is 8.31. The molecule has 2 heterocycles. The molecule has 0 bridgehead atoms. The quantitative estimate of drug-likeness (QED) is 0.492. The summed E-state index contributed by atoms with van der Waals surface area (Å²) in [4.78, 5) is 9.14. The number of rotatable bonds is 6. The minimum Gasteiger partial charge on any atom is -0.497 e. The van der Waals surface area contributed by atoms with Crippen molar-refractivity contribution in [2.45, 2.75) is 6.42 Å². The first kappa shape index (κ1) is 17.2. The van der Waals surface area contributed by atoms with Gasteiger partial charge in [-0.2, -0.15) is 4.98 Å². The number of aromatic nitrogens is 3. The van der Waals surface area contributed by atoms with Crippen LogP contribution >= 0.6 is 11.3 Å². The van der Waals surface area contributed by atoms with Crippen LogP contribution in [0, 0.1) is 0 Å². The lowest BCUT2D eigenvalue weighted by molar-refractivity contribution is 0.385. The van der Waals surface area contributed by atoms with Gasteiger partial charge in [-0.15, -0.1) is 11.3 Å². The summed E-state index contributed by atoms with van der Waals surface area (Å²) in [6.45, 7) is 0. The van der Waals surface area contributed by atoms with Crippen LogP contribution in [-0.2, 0) is 6.42 Å². The molecule has 0 amide bonds. The Kier molecular flexibility index (Phi) is 4.84. The Morgan fingerprint density at radius 2 is 1.74 bits per heavy atom. The average molecular weight is 379 g/mol. The van der Waals surface area contributed by atoms with Crippen molar-refractivity contribution in [3.63, 3.8) is 0 Å². The molecule has 136 valence electrons. The SMILES string of the molecule is COc1ccc(-c2noc(Cc3nc(-c4cccc(OC)c4)cs3)n2)cc1. The molecule has 0 radical (unpaired) electrons. The number of hydrogen-bond acceptors (Lipinski definition) is 7. The second kappa shape index (κ2) is 7.59. The highest BCUT2D eigenvalue weighted by atomic mass is 32.1. The van der Waals surface area contributed by atoms with Crippen LogP contribution in [0.2, 0.25) is 0 Å². The van der Waals surface area contributed by atoms with Crippen LogP contribution in [0.15, 0.2) is 58.4 Å². The fraction of sp³-hybridized carbons (Fsp3) is 0.150. The van der Waals surface area contributed by atoms with Gasteiger partial charge in [0.25, 0.3) is 0 Å². The first-order valence-corrected chi connectivity index (χ1v) is 9.19. The third-order valence-electron chi connectivity index (χ3n) is 4.04. The molecule has 0 unspecified atom stereocenters. The molecule has 4 aromatic rings. The van der Waals surface area contributed by atoms with E-state index in [9.17, 15) is 0 Å². The van der Waals surface area contributed by atoms with Crippen molar-refractivity contribution in [3.05, 3.63) is 64.8 Å². The molecule has 0 fully saturated rings. The van der Waals surface area contributed by atoms with Crippen LogP contribution in [0.1, 0.15) is 10.9 Å². The molecule has 0 saturated carbocycles. The smallest absolute Gasteiger partial charge is 0.233 e. The lowest BCUT2D eigenvalue weighted by Gasteiger charge is -2.01. The predicted molar refractivity (Wildman–Crippen MR) is 103 cm³/mol. The van der Waals surface area contributed by atoms with Crippen molar-refractivity contribution in [3.8, 4) is 34.1 Å². The third-order valence-corrected chi connectivity index (χ3v) is 4.88. The topological polar surface area (TPSA) is 70.3 Å². The number of thiazole rings is 1. The minimum atomic E-state index is 0.498. The van der Waals surface area contributed by atoms with E-state index in [-0.39, 0.29) is 0 Å². The number of benzene rings is 2.